The van der Waals surface area contributed by atoms with Crippen LogP contribution in [0.3, 0.4) is 0 Å². The highest BCUT2D eigenvalue weighted by molar-refractivity contribution is 6.53. The van der Waals surface area contributed by atoms with Crippen LogP contribution in [0.1, 0.15) is 31.8 Å². The number of hydrogen-bond acceptors (Lipinski definition) is 4. The van der Waals surface area contributed by atoms with Crippen molar-refractivity contribution in [2.75, 3.05) is 11.5 Å². The van der Waals surface area contributed by atoms with Gasteiger partial charge in [-0.1, -0.05) is 46.4 Å². The first kappa shape index (κ1) is 15.4. The van der Waals surface area contributed by atoms with E-state index in [0.29, 0.717) is 0 Å². The quantitative estimate of drug-likeness (QED) is 0.454. The zero-order chi connectivity index (χ0) is 16.3. The van der Waals surface area contributed by atoms with Gasteiger partial charge in [-0.05, 0) is 12.1 Å². The van der Waals surface area contributed by atoms with Gasteiger partial charge in [-0.3, -0.25) is 9.59 Å². The number of carbonyl (C=O) groups excluding carboxylic acids is 2. The highest BCUT2D eigenvalue weighted by Crippen LogP contribution is 2.46. The summed E-state index contributed by atoms with van der Waals surface area (Å²) in [6.07, 6.45) is 0. The molecule has 0 fully saturated rings. The molecule has 4 nitrogen and oxygen atoms in total. The van der Waals surface area contributed by atoms with Gasteiger partial charge in [0.2, 0.25) is 0 Å². The van der Waals surface area contributed by atoms with Crippen LogP contribution in [0.25, 0.3) is 0 Å². The third kappa shape index (κ3) is 1.85. The number of benzene rings is 2. The molecule has 1 aliphatic rings. The van der Waals surface area contributed by atoms with Gasteiger partial charge in [0.25, 0.3) is 0 Å². The average Bonchev–Trinajstić information content (AvgIpc) is 2.48. The summed E-state index contributed by atoms with van der Waals surface area (Å²) in [4.78, 5) is 25.5. The second-order valence-corrected chi connectivity index (χ2v) is 6.19. The number of carbonyl (C=O) groups is 2. The summed E-state index contributed by atoms with van der Waals surface area (Å²) in [6, 6.07) is 2.87. The number of hydrogen-bond donors (Lipinski definition) is 2. The molecule has 112 valence electrons. The molecule has 0 saturated heterocycles. The summed E-state index contributed by atoms with van der Waals surface area (Å²) < 4.78 is 0. The van der Waals surface area contributed by atoms with Crippen molar-refractivity contribution in [3.8, 4) is 0 Å². The van der Waals surface area contributed by atoms with Crippen LogP contribution in [0.2, 0.25) is 20.1 Å². The Morgan fingerprint density at radius 2 is 1.27 bits per heavy atom. The van der Waals surface area contributed by atoms with Crippen molar-refractivity contribution >= 4 is 69.3 Å². The van der Waals surface area contributed by atoms with Crippen LogP contribution in [-0.2, 0) is 0 Å². The Labute approximate surface area is 144 Å². The molecule has 2 aromatic carbocycles. The van der Waals surface area contributed by atoms with Gasteiger partial charge in [-0.15, -0.1) is 0 Å². The molecule has 8 heteroatoms. The van der Waals surface area contributed by atoms with E-state index in [-0.39, 0.29) is 53.7 Å². The van der Waals surface area contributed by atoms with Crippen LogP contribution >= 0.6 is 46.4 Å². The molecule has 0 radical (unpaired) electrons. The summed E-state index contributed by atoms with van der Waals surface area (Å²) in [5.74, 6) is -1.14. The maximum atomic E-state index is 12.7. The minimum absolute atomic E-state index is 0.00819. The van der Waals surface area contributed by atoms with Gasteiger partial charge in [-0.25, -0.2) is 0 Å². The van der Waals surface area contributed by atoms with Gasteiger partial charge >= 0.3 is 0 Å². The van der Waals surface area contributed by atoms with Gasteiger partial charge in [0.05, 0.1) is 48.0 Å². The molecule has 1 aliphatic carbocycles. The molecule has 0 saturated carbocycles. The van der Waals surface area contributed by atoms with Gasteiger partial charge in [0, 0.05) is 5.69 Å². The number of anilines is 2. The van der Waals surface area contributed by atoms with Crippen LogP contribution < -0.4 is 11.5 Å². The molecule has 0 bridgehead atoms. The van der Waals surface area contributed by atoms with Crippen LogP contribution in [0.4, 0.5) is 11.4 Å². The second kappa shape index (κ2) is 5.03. The number of halogens is 4. The average molecular weight is 376 g/mol. The topological polar surface area (TPSA) is 86.2 Å². The molecule has 2 aromatic rings. The zero-order valence-electron chi connectivity index (χ0n) is 10.6. The SMILES string of the molecule is Nc1ccc(Cl)c2c1C(=O)c1c(N)c(Cl)c(Cl)c(Cl)c1C2=O. The lowest BCUT2D eigenvalue weighted by Crippen LogP contribution is -2.25. The number of nitrogen functional groups attached to an aromatic ring is 2. The lowest BCUT2D eigenvalue weighted by molar-refractivity contribution is 0.0980. The lowest BCUT2D eigenvalue weighted by Gasteiger charge is -2.23. The molecule has 0 atom stereocenters. The molecule has 0 unspecified atom stereocenters. The first-order valence-electron chi connectivity index (χ1n) is 5.90. The molecule has 0 amide bonds. The fraction of sp³-hybridized carbons (Fsp3) is 0. The molecular weight excluding hydrogens is 370 g/mol. The van der Waals surface area contributed by atoms with Crippen LogP contribution in [-0.4, -0.2) is 11.6 Å². The van der Waals surface area contributed by atoms with Crippen LogP contribution in [0.15, 0.2) is 12.1 Å². The van der Waals surface area contributed by atoms with Crippen molar-refractivity contribution in [1.82, 2.24) is 0 Å². The van der Waals surface area contributed by atoms with Crippen molar-refractivity contribution in [2.24, 2.45) is 0 Å². The molecule has 4 N–H and O–H groups in total. The fourth-order valence-corrected chi connectivity index (χ4v) is 3.39. The van der Waals surface area contributed by atoms with E-state index in [2.05, 4.69) is 0 Å². The number of rotatable bonds is 0. The highest BCUT2D eigenvalue weighted by atomic mass is 35.5. The van der Waals surface area contributed by atoms with Crippen molar-refractivity contribution in [3.05, 3.63) is 54.5 Å². The van der Waals surface area contributed by atoms with Crippen LogP contribution in [0.5, 0.6) is 0 Å². The summed E-state index contributed by atoms with van der Waals surface area (Å²) in [6.45, 7) is 0. The molecule has 0 spiro atoms. The third-order valence-corrected chi connectivity index (χ3v) is 5.11. The number of fused-ring (bicyclic) bond motifs is 2. The highest BCUT2D eigenvalue weighted by Gasteiger charge is 2.38. The van der Waals surface area contributed by atoms with E-state index >= 15 is 0 Å². The van der Waals surface area contributed by atoms with Gasteiger partial charge in [0.15, 0.2) is 11.6 Å². The maximum Gasteiger partial charge on any atom is 0.198 e. The van der Waals surface area contributed by atoms with Crippen molar-refractivity contribution in [2.45, 2.75) is 0 Å². The maximum absolute atomic E-state index is 12.7. The Hall–Kier alpha value is -1.46. The standard InChI is InChI=1S/C14H6Cl4N2O2/c15-3-1-2-4(19)6-5(3)13(21)7-8(14(6)22)12(20)11(18)10(17)9(7)16/h1-2H,19-20H2. The monoisotopic (exact) mass is 374 g/mol. The van der Waals surface area contributed by atoms with Gasteiger partial charge < -0.3 is 11.5 Å². The number of nitrogens with two attached hydrogens (primary N) is 2. The Bertz CT molecular complexity index is 821. The van der Waals surface area contributed by atoms with E-state index in [1.165, 1.54) is 12.1 Å². The van der Waals surface area contributed by atoms with Gasteiger partial charge in [0.1, 0.15) is 0 Å². The van der Waals surface area contributed by atoms with Crippen molar-refractivity contribution in [1.29, 1.82) is 0 Å². The smallest absolute Gasteiger partial charge is 0.198 e. The van der Waals surface area contributed by atoms with E-state index in [1.54, 1.807) is 0 Å². The zero-order valence-corrected chi connectivity index (χ0v) is 13.7. The summed E-state index contributed by atoms with van der Waals surface area (Å²) in [5, 5.41) is -0.230. The molecular formula is C14H6Cl4N2O2. The van der Waals surface area contributed by atoms with E-state index < -0.39 is 11.6 Å². The Morgan fingerprint density at radius 3 is 1.91 bits per heavy atom. The molecule has 22 heavy (non-hydrogen) atoms. The second-order valence-electron chi connectivity index (χ2n) is 4.65. The Morgan fingerprint density at radius 1 is 0.682 bits per heavy atom. The van der Waals surface area contributed by atoms with E-state index in [1.807, 2.05) is 0 Å². The first-order chi connectivity index (χ1) is 10.3. The first-order valence-corrected chi connectivity index (χ1v) is 7.41. The van der Waals surface area contributed by atoms with E-state index in [9.17, 15) is 9.59 Å². The summed E-state index contributed by atoms with van der Waals surface area (Å²) in [5.41, 5.74) is 11.4. The molecule has 3 rings (SSSR count). The minimum atomic E-state index is -0.572. The minimum Gasteiger partial charge on any atom is -0.398 e. The Balaban J connectivity index is 2.50. The lowest BCUT2D eigenvalue weighted by atomic mass is 9.82. The van der Waals surface area contributed by atoms with Crippen LogP contribution in [0, 0.1) is 0 Å². The molecule has 0 aromatic heterocycles. The predicted octanol–water partition coefficient (Wildman–Crippen LogP) is 4.24. The predicted molar refractivity (Wildman–Crippen MR) is 88.6 cm³/mol. The van der Waals surface area contributed by atoms with Crippen molar-refractivity contribution in [3.63, 3.8) is 0 Å². The third-order valence-electron chi connectivity index (χ3n) is 3.46. The normalized spacial score (nSPS) is 13.1. The van der Waals surface area contributed by atoms with E-state index in [0.717, 1.165) is 0 Å². The molecule has 0 aliphatic heterocycles. The summed E-state index contributed by atoms with van der Waals surface area (Å²) in [7, 11) is 0. The van der Waals surface area contributed by atoms with E-state index in [4.69, 9.17) is 57.9 Å². The molecule has 0 heterocycles. The largest absolute Gasteiger partial charge is 0.398 e. The number of ketones is 2. The Kier molecular flexibility index (Phi) is 3.53. The summed E-state index contributed by atoms with van der Waals surface area (Å²) >= 11 is 24.1. The fourth-order valence-electron chi connectivity index (χ4n) is 2.44. The van der Waals surface area contributed by atoms with Crippen molar-refractivity contribution < 1.29 is 9.59 Å². The van der Waals surface area contributed by atoms with Gasteiger partial charge in [-0.2, -0.15) is 0 Å².